The van der Waals surface area contributed by atoms with Gasteiger partial charge < -0.3 is 10.2 Å². The predicted octanol–water partition coefficient (Wildman–Crippen LogP) is 0.263. The highest BCUT2D eigenvalue weighted by atomic mass is 16.5. The van der Waals surface area contributed by atoms with Crippen LogP contribution < -0.4 is 0 Å². The normalized spacial score (nSPS) is 33.5. The molecule has 0 aromatic heterocycles. The van der Waals surface area contributed by atoms with Crippen molar-refractivity contribution in [3.63, 3.8) is 0 Å². The van der Waals surface area contributed by atoms with Crippen LogP contribution in [0.15, 0.2) is 11.6 Å². The van der Waals surface area contributed by atoms with Crippen molar-refractivity contribution >= 4 is 0 Å². The molecule has 0 aromatic carbocycles. The van der Waals surface area contributed by atoms with E-state index in [9.17, 15) is 0 Å². The molecule has 0 heterocycles. The molecular weight excluding hydrogens is 104 g/mol. The van der Waals surface area contributed by atoms with Gasteiger partial charge in [0.2, 0.25) is 0 Å². The molecule has 0 radical (unpaired) electrons. The van der Waals surface area contributed by atoms with Gasteiger partial charge in [0.05, 0.1) is 0 Å². The van der Waals surface area contributed by atoms with Crippen LogP contribution in [0.2, 0.25) is 0 Å². The van der Waals surface area contributed by atoms with Crippen molar-refractivity contribution in [2.24, 2.45) is 5.92 Å². The number of hydrogen-bond acceptors (Lipinski definition) is 2. The Balaban J connectivity index is 2.74. The summed E-state index contributed by atoms with van der Waals surface area (Å²) in [6, 6.07) is 0. The lowest BCUT2D eigenvalue weighted by Gasteiger charge is -2.35. The molecule has 8 heavy (non-hydrogen) atoms. The summed E-state index contributed by atoms with van der Waals surface area (Å²) in [4.78, 5) is 0. The Hall–Kier alpha value is -0.340. The maximum absolute atomic E-state index is 8.83. The van der Waals surface area contributed by atoms with Gasteiger partial charge in [0.25, 0.3) is 0 Å². The molecule has 0 spiro atoms. The molecule has 0 bridgehead atoms. The molecule has 2 nitrogen and oxygen atoms in total. The zero-order valence-corrected chi connectivity index (χ0v) is 5.05. The average Bonchev–Trinajstić information content (AvgIpc) is 1.65. The van der Waals surface area contributed by atoms with Crippen LogP contribution in [-0.4, -0.2) is 16.0 Å². The smallest absolute Gasteiger partial charge is 0.189 e. The summed E-state index contributed by atoms with van der Waals surface area (Å²) in [5.41, 5.74) is 1.05. The first-order valence-electron chi connectivity index (χ1n) is 2.68. The van der Waals surface area contributed by atoms with E-state index in [0.717, 1.165) is 5.57 Å². The first-order valence-corrected chi connectivity index (χ1v) is 2.68. The molecule has 1 atom stereocenters. The Labute approximate surface area is 48.5 Å². The van der Waals surface area contributed by atoms with Crippen molar-refractivity contribution in [3.8, 4) is 0 Å². The van der Waals surface area contributed by atoms with Crippen molar-refractivity contribution in [1.82, 2.24) is 0 Å². The van der Waals surface area contributed by atoms with Crippen LogP contribution in [-0.2, 0) is 0 Å². The largest absolute Gasteiger partial charge is 0.362 e. The summed E-state index contributed by atoms with van der Waals surface area (Å²) in [5, 5.41) is 17.7. The average molecular weight is 114 g/mol. The summed E-state index contributed by atoms with van der Waals surface area (Å²) in [7, 11) is 0. The third-order valence-corrected chi connectivity index (χ3v) is 1.76. The highest BCUT2D eigenvalue weighted by molar-refractivity contribution is 5.23. The fourth-order valence-electron chi connectivity index (χ4n) is 0.824. The van der Waals surface area contributed by atoms with E-state index in [1.54, 1.807) is 6.92 Å². The molecule has 0 saturated heterocycles. The lowest BCUT2D eigenvalue weighted by Crippen LogP contribution is -2.42. The fraction of sp³-hybridized carbons (Fsp3) is 0.667. The van der Waals surface area contributed by atoms with Crippen LogP contribution >= 0.6 is 0 Å². The molecule has 0 aliphatic heterocycles. The van der Waals surface area contributed by atoms with E-state index < -0.39 is 5.79 Å². The Kier molecular flexibility index (Phi) is 0.964. The first-order chi connectivity index (χ1) is 3.54. The Morgan fingerprint density at radius 1 is 1.62 bits per heavy atom. The molecule has 0 amide bonds. The van der Waals surface area contributed by atoms with Crippen molar-refractivity contribution in [3.05, 3.63) is 11.6 Å². The highest BCUT2D eigenvalue weighted by Crippen LogP contribution is 2.33. The van der Waals surface area contributed by atoms with Gasteiger partial charge in [-0.05, 0) is 13.0 Å². The second-order valence-electron chi connectivity index (χ2n) is 2.39. The van der Waals surface area contributed by atoms with Crippen molar-refractivity contribution in [2.75, 3.05) is 0 Å². The summed E-state index contributed by atoms with van der Waals surface area (Å²) in [6.07, 6.45) is 1.46. The summed E-state index contributed by atoms with van der Waals surface area (Å²) in [6.45, 7) is 3.67. The SMILES string of the molecule is CC1=CC(O)(O)C1C. The molecule has 1 aliphatic carbocycles. The molecule has 0 aromatic rings. The van der Waals surface area contributed by atoms with E-state index in [-0.39, 0.29) is 5.92 Å². The maximum Gasteiger partial charge on any atom is 0.189 e. The van der Waals surface area contributed by atoms with E-state index in [2.05, 4.69) is 0 Å². The molecule has 1 aliphatic rings. The molecular formula is C6H10O2. The Morgan fingerprint density at radius 3 is 2.12 bits per heavy atom. The highest BCUT2D eigenvalue weighted by Gasteiger charge is 2.37. The van der Waals surface area contributed by atoms with Gasteiger partial charge in [0.15, 0.2) is 5.79 Å². The van der Waals surface area contributed by atoms with Gasteiger partial charge in [0.1, 0.15) is 0 Å². The van der Waals surface area contributed by atoms with Gasteiger partial charge in [-0.1, -0.05) is 12.5 Å². The quantitative estimate of drug-likeness (QED) is 0.350. The predicted molar refractivity (Wildman–Crippen MR) is 30.1 cm³/mol. The van der Waals surface area contributed by atoms with Crippen LogP contribution in [0.1, 0.15) is 13.8 Å². The molecule has 46 valence electrons. The third-order valence-electron chi connectivity index (χ3n) is 1.76. The van der Waals surface area contributed by atoms with Crippen molar-refractivity contribution in [1.29, 1.82) is 0 Å². The number of rotatable bonds is 0. The van der Waals surface area contributed by atoms with E-state index in [1.165, 1.54) is 6.08 Å². The molecule has 2 heteroatoms. The lowest BCUT2D eigenvalue weighted by molar-refractivity contribution is -0.164. The van der Waals surface area contributed by atoms with E-state index >= 15 is 0 Å². The van der Waals surface area contributed by atoms with E-state index in [1.807, 2.05) is 6.92 Å². The third kappa shape index (κ3) is 0.572. The van der Waals surface area contributed by atoms with Crippen molar-refractivity contribution in [2.45, 2.75) is 19.6 Å². The standard InChI is InChI=1S/C6H10O2/c1-4-3-6(7,8)5(4)2/h3,5,7-8H,1-2H3. The van der Waals surface area contributed by atoms with Gasteiger partial charge in [-0.3, -0.25) is 0 Å². The van der Waals surface area contributed by atoms with Crippen LogP contribution in [0.3, 0.4) is 0 Å². The number of hydrogen-bond donors (Lipinski definition) is 2. The van der Waals surface area contributed by atoms with E-state index in [4.69, 9.17) is 10.2 Å². The first kappa shape index (κ1) is 5.79. The minimum absolute atomic E-state index is 0.0810. The molecule has 1 unspecified atom stereocenters. The summed E-state index contributed by atoms with van der Waals surface area (Å²) in [5.74, 6) is -1.59. The minimum atomic E-state index is -1.51. The molecule has 1 rings (SSSR count). The topological polar surface area (TPSA) is 40.5 Å². The molecule has 0 fully saturated rings. The summed E-state index contributed by atoms with van der Waals surface area (Å²) >= 11 is 0. The van der Waals surface area contributed by atoms with Crippen LogP contribution in [0.25, 0.3) is 0 Å². The zero-order chi connectivity index (χ0) is 6.36. The van der Waals surface area contributed by atoms with E-state index in [0.29, 0.717) is 0 Å². The molecule has 0 saturated carbocycles. The number of aliphatic hydroxyl groups is 2. The van der Waals surface area contributed by atoms with Gasteiger partial charge in [0, 0.05) is 5.92 Å². The second-order valence-corrected chi connectivity index (χ2v) is 2.39. The van der Waals surface area contributed by atoms with Crippen LogP contribution in [0, 0.1) is 5.92 Å². The summed E-state index contributed by atoms with van der Waals surface area (Å²) < 4.78 is 0. The maximum atomic E-state index is 8.83. The minimum Gasteiger partial charge on any atom is -0.362 e. The lowest BCUT2D eigenvalue weighted by atomic mass is 9.81. The Bertz CT molecular complexity index is 135. The van der Waals surface area contributed by atoms with Gasteiger partial charge in [-0.15, -0.1) is 0 Å². The van der Waals surface area contributed by atoms with Crippen LogP contribution in [0.5, 0.6) is 0 Å². The van der Waals surface area contributed by atoms with Crippen molar-refractivity contribution < 1.29 is 10.2 Å². The van der Waals surface area contributed by atoms with Gasteiger partial charge in [-0.2, -0.15) is 0 Å². The Morgan fingerprint density at radius 2 is 2.12 bits per heavy atom. The van der Waals surface area contributed by atoms with Gasteiger partial charge >= 0.3 is 0 Å². The zero-order valence-electron chi connectivity index (χ0n) is 5.05. The fourth-order valence-corrected chi connectivity index (χ4v) is 0.824. The second kappa shape index (κ2) is 1.33. The van der Waals surface area contributed by atoms with Gasteiger partial charge in [-0.25, -0.2) is 0 Å². The molecule has 2 N–H and O–H groups in total. The van der Waals surface area contributed by atoms with Crippen LogP contribution in [0.4, 0.5) is 0 Å². The monoisotopic (exact) mass is 114 g/mol.